The van der Waals surface area contributed by atoms with Gasteiger partial charge < -0.3 is 31.9 Å². The Bertz CT molecular complexity index is 754. The maximum atomic E-state index is 12.6. The first-order valence-electron chi connectivity index (χ1n) is 8.72. The summed E-state index contributed by atoms with van der Waals surface area (Å²) in [5, 5.41) is 24.6. The van der Waals surface area contributed by atoms with E-state index in [1.807, 2.05) is 0 Å². The average Bonchev–Trinajstić information content (AvgIpc) is 2.66. The summed E-state index contributed by atoms with van der Waals surface area (Å²) in [6, 6.07) is 5.00. The normalized spacial score (nSPS) is 13.4. The van der Waals surface area contributed by atoms with E-state index in [2.05, 4.69) is 16.0 Å². The highest BCUT2D eigenvalue weighted by atomic mass is 16.4. The quantitative estimate of drug-likeness (QED) is 0.248. The minimum absolute atomic E-state index is 0.142. The summed E-state index contributed by atoms with van der Waals surface area (Å²) in [6.07, 6.45) is -0.672. The maximum absolute atomic E-state index is 12.6. The average molecular weight is 408 g/mol. The van der Waals surface area contributed by atoms with Crippen molar-refractivity contribution in [3.63, 3.8) is 0 Å². The van der Waals surface area contributed by atoms with Crippen LogP contribution in [-0.2, 0) is 30.4 Å². The lowest BCUT2D eigenvalue weighted by Crippen LogP contribution is -2.56. The molecule has 0 fully saturated rings. The van der Waals surface area contributed by atoms with Gasteiger partial charge in [0.05, 0.1) is 13.0 Å². The number of rotatable bonds is 11. The Hall–Kier alpha value is -3.47. The van der Waals surface area contributed by atoms with Gasteiger partial charge in [-0.25, -0.2) is 4.79 Å². The zero-order chi connectivity index (χ0) is 22.0. The van der Waals surface area contributed by atoms with Crippen LogP contribution >= 0.6 is 0 Å². The Kier molecular flexibility index (Phi) is 9.26. The predicted molar refractivity (Wildman–Crippen MR) is 101 cm³/mol. The molecular formula is C18H24N4O7. The number of amides is 3. The molecule has 0 aliphatic rings. The molecule has 0 spiro atoms. The van der Waals surface area contributed by atoms with Gasteiger partial charge >= 0.3 is 11.9 Å². The third kappa shape index (κ3) is 8.39. The van der Waals surface area contributed by atoms with E-state index in [9.17, 15) is 24.0 Å². The van der Waals surface area contributed by atoms with Crippen LogP contribution in [0.25, 0.3) is 0 Å². The second kappa shape index (κ2) is 11.4. The molecule has 11 heteroatoms. The van der Waals surface area contributed by atoms with Crippen molar-refractivity contribution in [2.75, 3.05) is 6.54 Å². The van der Waals surface area contributed by atoms with E-state index in [-0.39, 0.29) is 13.0 Å². The van der Waals surface area contributed by atoms with Gasteiger partial charge in [0, 0.05) is 6.42 Å². The highest BCUT2D eigenvalue weighted by Gasteiger charge is 2.28. The van der Waals surface area contributed by atoms with Crippen molar-refractivity contribution in [3.8, 4) is 0 Å². The monoisotopic (exact) mass is 408 g/mol. The van der Waals surface area contributed by atoms with Crippen LogP contribution in [0.1, 0.15) is 18.9 Å². The van der Waals surface area contributed by atoms with E-state index in [0.717, 1.165) is 5.56 Å². The third-order valence-corrected chi connectivity index (χ3v) is 3.87. The molecule has 11 nitrogen and oxygen atoms in total. The molecule has 1 aromatic rings. The lowest BCUT2D eigenvalue weighted by molar-refractivity contribution is -0.147. The first-order valence-corrected chi connectivity index (χ1v) is 8.72. The predicted octanol–water partition coefficient (Wildman–Crippen LogP) is -1.78. The Labute approximate surface area is 166 Å². The number of hydrogen-bond acceptors (Lipinski definition) is 6. The van der Waals surface area contributed by atoms with Gasteiger partial charge in [0.25, 0.3) is 0 Å². The fourth-order valence-corrected chi connectivity index (χ4v) is 2.36. The van der Waals surface area contributed by atoms with Crippen molar-refractivity contribution in [2.45, 2.75) is 37.9 Å². The molecule has 0 radical (unpaired) electrons. The number of carbonyl (C=O) groups excluding carboxylic acids is 3. The lowest BCUT2D eigenvalue weighted by atomic mass is 10.0. The highest BCUT2D eigenvalue weighted by molar-refractivity contribution is 5.94. The summed E-state index contributed by atoms with van der Waals surface area (Å²) in [5.41, 5.74) is 6.03. The number of benzene rings is 1. The number of nitrogens with one attached hydrogen (secondary N) is 3. The molecule has 3 amide bonds. The number of carboxylic acids is 2. The van der Waals surface area contributed by atoms with Crippen LogP contribution in [-0.4, -0.2) is 64.5 Å². The molecule has 0 aliphatic carbocycles. The fourth-order valence-electron chi connectivity index (χ4n) is 2.36. The van der Waals surface area contributed by atoms with Gasteiger partial charge in [0.2, 0.25) is 17.7 Å². The molecule has 29 heavy (non-hydrogen) atoms. The molecule has 0 unspecified atom stereocenters. The van der Waals surface area contributed by atoms with Gasteiger partial charge in [0.15, 0.2) is 0 Å². The van der Waals surface area contributed by atoms with Crippen LogP contribution in [0.4, 0.5) is 0 Å². The summed E-state index contributed by atoms with van der Waals surface area (Å²) in [4.78, 5) is 58.1. The number of aliphatic carboxylic acids is 2. The molecule has 0 bridgehead atoms. The fraction of sp³-hybridized carbons (Fsp3) is 0.389. The second-order valence-corrected chi connectivity index (χ2v) is 6.24. The maximum Gasteiger partial charge on any atom is 0.326 e. The Morgan fingerprint density at radius 3 is 2.07 bits per heavy atom. The topological polar surface area (TPSA) is 188 Å². The molecule has 0 aromatic heterocycles. The Morgan fingerprint density at radius 2 is 1.55 bits per heavy atom. The summed E-state index contributed by atoms with van der Waals surface area (Å²) in [7, 11) is 0. The van der Waals surface area contributed by atoms with Gasteiger partial charge in [-0.15, -0.1) is 0 Å². The number of carbonyl (C=O) groups is 5. The van der Waals surface area contributed by atoms with Crippen molar-refractivity contribution in [2.24, 2.45) is 5.73 Å². The van der Waals surface area contributed by atoms with Crippen LogP contribution in [0.3, 0.4) is 0 Å². The first-order chi connectivity index (χ1) is 13.6. The van der Waals surface area contributed by atoms with Gasteiger partial charge in [0.1, 0.15) is 18.1 Å². The van der Waals surface area contributed by atoms with Crippen molar-refractivity contribution >= 4 is 29.7 Å². The molecule has 0 saturated carbocycles. The molecule has 3 atom stereocenters. The first kappa shape index (κ1) is 23.6. The van der Waals surface area contributed by atoms with E-state index < -0.39 is 54.2 Å². The van der Waals surface area contributed by atoms with Crippen molar-refractivity contribution in [1.82, 2.24) is 16.0 Å². The Morgan fingerprint density at radius 1 is 0.931 bits per heavy atom. The van der Waals surface area contributed by atoms with E-state index in [4.69, 9.17) is 15.9 Å². The van der Waals surface area contributed by atoms with E-state index in [1.165, 1.54) is 6.92 Å². The highest BCUT2D eigenvalue weighted by Crippen LogP contribution is 2.04. The molecular weight excluding hydrogens is 384 g/mol. The van der Waals surface area contributed by atoms with E-state index in [0.29, 0.717) is 0 Å². The van der Waals surface area contributed by atoms with Gasteiger partial charge in [-0.3, -0.25) is 19.2 Å². The summed E-state index contributed by atoms with van der Waals surface area (Å²) in [6.45, 7) is 0.974. The van der Waals surface area contributed by atoms with Crippen LogP contribution in [0.15, 0.2) is 30.3 Å². The van der Waals surface area contributed by atoms with Crippen molar-refractivity contribution in [3.05, 3.63) is 35.9 Å². The van der Waals surface area contributed by atoms with E-state index in [1.54, 1.807) is 30.3 Å². The van der Waals surface area contributed by atoms with E-state index >= 15 is 0 Å². The van der Waals surface area contributed by atoms with Crippen molar-refractivity contribution in [1.29, 1.82) is 0 Å². The largest absolute Gasteiger partial charge is 0.481 e. The molecule has 7 N–H and O–H groups in total. The summed E-state index contributed by atoms with van der Waals surface area (Å²) < 4.78 is 0. The smallest absolute Gasteiger partial charge is 0.326 e. The SMILES string of the molecule is C[C@@H](NC(=O)[C@@H](Cc1ccccc1)NC(=O)CN)C(=O)N[C@H](CC(=O)O)C(=O)O. The van der Waals surface area contributed by atoms with Crippen molar-refractivity contribution < 1.29 is 34.2 Å². The number of carboxylic acid groups (broad SMARTS) is 2. The molecule has 0 heterocycles. The number of nitrogens with two attached hydrogens (primary N) is 1. The minimum atomic E-state index is -1.64. The van der Waals surface area contributed by atoms with Crippen LogP contribution < -0.4 is 21.7 Å². The van der Waals surface area contributed by atoms with Gasteiger partial charge in [-0.05, 0) is 12.5 Å². The zero-order valence-corrected chi connectivity index (χ0v) is 15.8. The zero-order valence-electron chi connectivity index (χ0n) is 15.8. The van der Waals surface area contributed by atoms with Crippen LogP contribution in [0.5, 0.6) is 0 Å². The second-order valence-electron chi connectivity index (χ2n) is 6.24. The third-order valence-electron chi connectivity index (χ3n) is 3.87. The van der Waals surface area contributed by atoms with Gasteiger partial charge in [-0.1, -0.05) is 30.3 Å². The van der Waals surface area contributed by atoms with Crippen LogP contribution in [0.2, 0.25) is 0 Å². The van der Waals surface area contributed by atoms with Crippen LogP contribution in [0, 0.1) is 0 Å². The standard InChI is InChI=1S/C18H24N4O7/c1-10(16(26)22-13(18(28)29)8-15(24)25)20-17(27)12(21-14(23)9-19)7-11-5-3-2-4-6-11/h2-6,10,12-13H,7-9,19H2,1H3,(H,20,27)(H,21,23)(H,22,26)(H,24,25)(H,28,29)/t10-,12-,13-/m1/s1. The molecule has 1 aromatic carbocycles. The lowest BCUT2D eigenvalue weighted by Gasteiger charge is -2.22. The van der Waals surface area contributed by atoms with Gasteiger partial charge in [-0.2, -0.15) is 0 Å². The minimum Gasteiger partial charge on any atom is -0.481 e. The Balaban J connectivity index is 2.80. The summed E-state index contributed by atoms with van der Waals surface area (Å²) in [5.74, 6) is -5.04. The summed E-state index contributed by atoms with van der Waals surface area (Å²) >= 11 is 0. The molecule has 0 saturated heterocycles. The molecule has 1 rings (SSSR count). The number of hydrogen-bond donors (Lipinski definition) is 6. The molecule has 0 aliphatic heterocycles. The molecule has 158 valence electrons.